The van der Waals surface area contributed by atoms with Crippen molar-refractivity contribution in [3.8, 4) is 0 Å². The van der Waals surface area contributed by atoms with Crippen LogP contribution >= 0.6 is 11.6 Å². The van der Waals surface area contributed by atoms with Crippen molar-refractivity contribution in [3.05, 3.63) is 124 Å². The van der Waals surface area contributed by atoms with Gasteiger partial charge in [0.25, 0.3) is 0 Å². The Morgan fingerprint density at radius 2 is 1.54 bits per heavy atom. The number of Topliss-reactive ketones (excluding diaryl/α,β-unsaturated/α-hetero) is 2. The van der Waals surface area contributed by atoms with Crippen LogP contribution in [0.25, 0.3) is 0 Å². The maximum Gasteiger partial charge on any atom is 0.205 e. The zero-order valence-corrected chi connectivity index (χ0v) is 20.4. The summed E-state index contributed by atoms with van der Waals surface area (Å²) in [4.78, 5) is 27.6. The smallest absolute Gasteiger partial charge is 0.205 e. The molecular weight excluding hydrogens is 458 g/mol. The molecular formula is C30H26ClNO3. The highest BCUT2D eigenvalue weighted by molar-refractivity contribution is 6.31. The number of carbonyl (C=O) groups excluding carboxylic acids is 2. The summed E-state index contributed by atoms with van der Waals surface area (Å²) in [6.45, 7) is 4.11. The lowest BCUT2D eigenvalue weighted by molar-refractivity contribution is -0.119. The molecule has 0 bridgehead atoms. The molecule has 176 valence electrons. The fourth-order valence-electron chi connectivity index (χ4n) is 4.89. The minimum Gasteiger partial charge on any atom is -0.444 e. The second-order valence-electron chi connectivity index (χ2n) is 9.76. The van der Waals surface area contributed by atoms with Gasteiger partial charge in [-0.25, -0.2) is 0 Å². The van der Waals surface area contributed by atoms with Crippen molar-refractivity contribution in [3.63, 3.8) is 0 Å². The van der Waals surface area contributed by atoms with Gasteiger partial charge in [-0.1, -0.05) is 92.2 Å². The van der Waals surface area contributed by atoms with Crippen LogP contribution in [-0.2, 0) is 9.53 Å². The van der Waals surface area contributed by atoms with Gasteiger partial charge in [-0.15, -0.1) is 0 Å². The van der Waals surface area contributed by atoms with Crippen molar-refractivity contribution >= 4 is 28.9 Å². The molecule has 0 saturated heterocycles. The number of carbonyl (C=O) groups is 2. The Balaban J connectivity index is 1.76. The molecule has 0 aromatic heterocycles. The summed E-state index contributed by atoms with van der Waals surface area (Å²) in [6.07, 6.45) is 0.964. The molecule has 0 unspecified atom stereocenters. The maximum atomic E-state index is 14.0. The normalized spacial score (nSPS) is 19.2. The number of rotatable bonds is 5. The molecule has 4 nitrogen and oxygen atoms in total. The number of nitrogens with one attached hydrogen (secondary N) is 1. The number of hydrogen-bond donors (Lipinski definition) is 1. The topological polar surface area (TPSA) is 55.4 Å². The van der Waals surface area contributed by atoms with Crippen molar-refractivity contribution in [2.75, 3.05) is 5.32 Å². The first-order chi connectivity index (χ1) is 16.8. The Morgan fingerprint density at radius 3 is 2.23 bits per heavy atom. The molecule has 0 amide bonds. The van der Waals surface area contributed by atoms with Gasteiger partial charge >= 0.3 is 0 Å². The largest absolute Gasteiger partial charge is 0.444 e. The molecule has 1 N–H and O–H groups in total. The predicted octanol–water partition coefficient (Wildman–Crippen LogP) is 7.30. The van der Waals surface area contributed by atoms with Gasteiger partial charge < -0.3 is 10.1 Å². The van der Waals surface area contributed by atoms with Crippen LogP contribution in [0, 0.1) is 5.41 Å². The Labute approximate surface area is 210 Å². The summed E-state index contributed by atoms with van der Waals surface area (Å²) >= 11 is 6.69. The fourth-order valence-corrected chi connectivity index (χ4v) is 5.13. The number of anilines is 1. The lowest BCUT2D eigenvalue weighted by Gasteiger charge is -2.39. The van der Waals surface area contributed by atoms with Gasteiger partial charge in [-0.05, 0) is 29.2 Å². The predicted molar refractivity (Wildman–Crippen MR) is 138 cm³/mol. The summed E-state index contributed by atoms with van der Waals surface area (Å²) in [5.74, 6) is 0.0600. The molecule has 35 heavy (non-hydrogen) atoms. The van der Waals surface area contributed by atoms with Crippen LogP contribution in [0.1, 0.15) is 48.5 Å². The van der Waals surface area contributed by atoms with Crippen LogP contribution < -0.4 is 5.32 Å². The number of ketones is 2. The molecule has 0 radical (unpaired) electrons. The molecule has 3 aromatic rings. The molecule has 5 rings (SSSR count). The van der Waals surface area contributed by atoms with E-state index in [0.717, 1.165) is 5.69 Å². The maximum absolute atomic E-state index is 14.0. The third kappa shape index (κ3) is 4.54. The molecule has 2 aliphatic rings. The minimum absolute atomic E-state index is 0.0155. The van der Waals surface area contributed by atoms with Crippen molar-refractivity contribution in [1.29, 1.82) is 0 Å². The lowest BCUT2D eigenvalue weighted by Crippen LogP contribution is -2.35. The van der Waals surface area contributed by atoms with Gasteiger partial charge in [-0.2, -0.15) is 0 Å². The molecule has 0 fully saturated rings. The van der Waals surface area contributed by atoms with Gasteiger partial charge in [-0.3, -0.25) is 9.59 Å². The summed E-state index contributed by atoms with van der Waals surface area (Å²) in [5.41, 5.74) is 2.66. The number of para-hydroxylation sites is 1. The van der Waals surface area contributed by atoms with E-state index in [4.69, 9.17) is 16.3 Å². The summed E-state index contributed by atoms with van der Waals surface area (Å²) in [6, 6.07) is 26.0. The van der Waals surface area contributed by atoms with E-state index in [2.05, 4.69) is 19.2 Å². The summed E-state index contributed by atoms with van der Waals surface area (Å²) < 4.78 is 6.41. The van der Waals surface area contributed by atoms with Crippen LogP contribution in [0.2, 0.25) is 5.02 Å². The Kier molecular flexibility index (Phi) is 6.08. The third-order valence-electron chi connectivity index (χ3n) is 6.45. The highest BCUT2D eigenvalue weighted by atomic mass is 35.5. The van der Waals surface area contributed by atoms with Crippen molar-refractivity contribution < 1.29 is 14.3 Å². The van der Waals surface area contributed by atoms with E-state index in [-0.39, 0.29) is 17.0 Å². The average molecular weight is 484 g/mol. The second kappa shape index (κ2) is 9.20. The van der Waals surface area contributed by atoms with Gasteiger partial charge in [0.15, 0.2) is 11.6 Å². The van der Waals surface area contributed by atoms with Crippen LogP contribution in [0.3, 0.4) is 0 Å². The van der Waals surface area contributed by atoms with Crippen molar-refractivity contribution in [2.24, 2.45) is 5.41 Å². The van der Waals surface area contributed by atoms with E-state index in [9.17, 15) is 9.59 Å². The Bertz CT molecular complexity index is 1360. The highest BCUT2D eigenvalue weighted by Gasteiger charge is 2.45. The van der Waals surface area contributed by atoms with E-state index in [1.165, 1.54) is 0 Å². The molecule has 0 saturated carbocycles. The summed E-state index contributed by atoms with van der Waals surface area (Å²) in [5, 5.41) is 3.83. The first kappa shape index (κ1) is 23.1. The number of hydrogen-bond acceptors (Lipinski definition) is 4. The van der Waals surface area contributed by atoms with E-state index in [0.29, 0.717) is 51.8 Å². The van der Waals surface area contributed by atoms with E-state index < -0.39 is 5.92 Å². The Morgan fingerprint density at radius 1 is 0.914 bits per heavy atom. The van der Waals surface area contributed by atoms with Gasteiger partial charge in [0.05, 0.1) is 11.5 Å². The van der Waals surface area contributed by atoms with Crippen LogP contribution in [0.5, 0.6) is 0 Å². The van der Waals surface area contributed by atoms with Crippen molar-refractivity contribution in [2.45, 2.75) is 32.6 Å². The lowest BCUT2D eigenvalue weighted by atomic mass is 9.69. The van der Waals surface area contributed by atoms with Crippen molar-refractivity contribution in [1.82, 2.24) is 0 Å². The highest BCUT2D eigenvalue weighted by Crippen LogP contribution is 2.50. The molecule has 3 aromatic carbocycles. The monoisotopic (exact) mass is 483 g/mol. The number of benzene rings is 3. The molecule has 1 heterocycles. The first-order valence-corrected chi connectivity index (χ1v) is 12.1. The van der Waals surface area contributed by atoms with Gasteiger partial charge in [0.1, 0.15) is 5.76 Å². The number of halogens is 1. The number of ether oxygens (including phenoxy) is 1. The molecule has 0 spiro atoms. The quantitative estimate of drug-likeness (QED) is 0.387. The van der Waals surface area contributed by atoms with Crippen LogP contribution in [0.4, 0.5) is 5.69 Å². The van der Waals surface area contributed by atoms with Gasteiger partial charge in [0, 0.05) is 34.7 Å². The minimum atomic E-state index is -0.644. The molecule has 1 aliphatic carbocycles. The fraction of sp³-hybridized carbons (Fsp3) is 0.200. The molecule has 1 aliphatic heterocycles. The Hall–Kier alpha value is -3.63. The number of allylic oxidation sites excluding steroid dienone is 3. The average Bonchev–Trinajstić information content (AvgIpc) is 2.84. The zero-order valence-electron chi connectivity index (χ0n) is 19.7. The standard InChI is InChI=1S/C30H26ClNO3/c1-30(2)17-23(33)26-24(18-30)35-29(32-20-13-7-4-8-14-20)27(28(34)19-11-5-3-6-12-19)25(26)21-15-9-10-16-22(21)31/h3-16,25,32H,17-18H2,1-2H3/t25-/m1/s1. The first-order valence-electron chi connectivity index (χ1n) is 11.7. The van der Waals surface area contributed by atoms with Gasteiger partial charge in [0.2, 0.25) is 5.88 Å². The SMILES string of the molecule is CC1(C)CC(=O)C2=C(C1)OC(Nc1ccccc1)=C(C(=O)c1ccccc1)[C@@H]2c1ccccc1Cl. The molecule has 1 atom stereocenters. The van der Waals surface area contributed by atoms with E-state index >= 15 is 0 Å². The van der Waals surface area contributed by atoms with Crippen LogP contribution in [-0.4, -0.2) is 11.6 Å². The van der Waals surface area contributed by atoms with E-state index in [1.54, 1.807) is 18.2 Å². The van der Waals surface area contributed by atoms with Crippen LogP contribution in [0.15, 0.2) is 108 Å². The third-order valence-corrected chi connectivity index (χ3v) is 6.80. The zero-order chi connectivity index (χ0) is 24.6. The van der Waals surface area contributed by atoms with E-state index in [1.807, 2.05) is 66.7 Å². The molecule has 5 heteroatoms. The summed E-state index contributed by atoms with van der Waals surface area (Å²) in [7, 11) is 0. The second-order valence-corrected chi connectivity index (χ2v) is 10.2.